The SMILES string of the molecule is Cc1c(NC(=O)c2cc3ccc(F)cc3nc2N2CCCC(F)(F)CC2)csc1C(=O)O. The van der Waals surface area contributed by atoms with Gasteiger partial charge < -0.3 is 15.3 Å². The Kier molecular flexibility index (Phi) is 5.81. The predicted octanol–water partition coefficient (Wildman–Crippen LogP) is 5.32. The Morgan fingerprint density at radius 2 is 2.00 bits per heavy atom. The van der Waals surface area contributed by atoms with E-state index in [-0.39, 0.29) is 48.6 Å². The summed E-state index contributed by atoms with van der Waals surface area (Å²) in [6.07, 6.45) is -0.398. The van der Waals surface area contributed by atoms with Gasteiger partial charge in [-0.25, -0.2) is 22.9 Å². The Morgan fingerprint density at radius 1 is 1.22 bits per heavy atom. The quantitative estimate of drug-likeness (QED) is 0.547. The van der Waals surface area contributed by atoms with Crippen molar-refractivity contribution in [3.05, 3.63) is 51.5 Å². The molecule has 2 aromatic heterocycles. The van der Waals surface area contributed by atoms with Gasteiger partial charge in [0.1, 0.15) is 16.5 Å². The third-order valence-electron chi connectivity index (χ3n) is 5.50. The molecule has 6 nitrogen and oxygen atoms in total. The van der Waals surface area contributed by atoms with Crippen molar-refractivity contribution in [2.45, 2.75) is 32.1 Å². The molecule has 1 fully saturated rings. The highest BCUT2D eigenvalue weighted by atomic mass is 32.1. The minimum Gasteiger partial charge on any atom is -0.477 e. The molecule has 1 aromatic carbocycles. The van der Waals surface area contributed by atoms with Gasteiger partial charge >= 0.3 is 5.97 Å². The molecule has 0 saturated carbocycles. The lowest BCUT2D eigenvalue weighted by molar-refractivity contribution is -0.0102. The molecule has 1 amide bonds. The van der Waals surface area contributed by atoms with E-state index in [9.17, 15) is 27.9 Å². The minimum atomic E-state index is -2.79. The second-order valence-corrected chi connectivity index (χ2v) is 8.64. The molecule has 32 heavy (non-hydrogen) atoms. The maximum absolute atomic E-state index is 13.9. The lowest BCUT2D eigenvalue weighted by atomic mass is 10.1. The zero-order valence-corrected chi connectivity index (χ0v) is 17.9. The van der Waals surface area contributed by atoms with Crippen LogP contribution < -0.4 is 10.2 Å². The molecular formula is C22H20F3N3O3S. The molecule has 0 atom stereocenters. The average molecular weight is 463 g/mol. The Labute approximate surface area is 185 Å². The van der Waals surface area contributed by atoms with Crippen LogP contribution in [0.15, 0.2) is 29.6 Å². The number of carboxylic acid groups (broad SMARTS) is 1. The maximum Gasteiger partial charge on any atom is 0.346 e. The first-order valence-corrected chi connectivity index (χ1v) is 10.9. The molecule has 0 bridgehead atoms. The van der Waals surface area contributed by atoms with Crippen molar-refractivity contribution in [3.63, 3.8) is 0 Å². The number of aromatic nitrogens is 1. The van der Waals surface area contributed by atoms with Crippen molar-refractivity contribution < 1.29 is 27.9 Å². The molecule has 1 aliphatic rings. The number of carboxylic acids is 1. The van der Waals surface area contributed by atoms with Gasteiger partial charge in [-0.05, 0) is 37.1 Å². The summed E-state index contributed by atoms with van der Waals surface area (Å²) in [5, 5.41) is 14.0. The fourth-order valence-electron chi connectivity index (χ4n) is 3.75. The highest BCUT2D eigenvalue weighted by Gasteiger charge is 2.33. The smallest absolute Gasteiger partial charge is 0.346 e. The van der Waals surface area contributed by atoms with Crippen LogP contribution in [0.5, 0.6) is 0 Å². The highest BCUT2D eigenvalue weighted by molar-refractivity contribution is 7.12. The van der Waals surface area contributed by atoms with Crippen molar-refractivity contribution in [1.29, 1.82) is 0 Å². The second kappa shape index (κ2) is 8.42. The van der Waals surface area contributed by atoms with Crippen LogP contribution >= 0.6 is 11.3 Å². The first kappa shape index (κ1) is 22.1. The fourth-order valence-corrected chi connectivity index (χ4v) is 4.61. The molecule has 168 valence electrons. The monoisotopic (exact) mass is 463 g/mol. The van der Waals surface area contributed by atoms with E-state index in [4.69, 9.17) is 0 Å². The van der Waals surface area contributed by atoms with Crippen LogP contribution in [-0.2, 0) is 0 Å². The van der Waals surface area contributed by atoms with Gasteiger partial charge in [0.15, 0.2) is 0 Å². The van der Waals surface area contributed by atoms with E-state index >= 15 is 0 Å². The standard InChI is InChI=1S/C22H20F3N3O3S/c1-12-17(11-32-18(12)21(30)31)27-20(29)15-9-13-3-4-14(23)10-16(13)26-19(15)28-7-2-5-22(24,25)6-8-28/h3-4,9-11H,2,5-8H2,1H3,(H,27,29)(H,30,31). The zero-order chi connectivity index (χ0) is 23.0. The summed E-state index contributed by atoms with van der Waals surface area (Å²) in [6.45, 7) is 1.88. The van der Waals surface area contributed by atoms with Crippen molar-refractivity contribution in [1.82, 2.24) is 4.98 Å². The summed E-state index contributed by atoms with van der Waals surface area (Å²) in [5.41, 5.74) is 1.23. The molecule has 4 rings (SSSR count). The van der Waals surface area contributed by atoms with Crippen molar-refractivity contribution >= 4 is 45.6 Å². The van der Waals surface area contributed by atoms with Gasteiger partial charge in [0.05, 0.1) is 16.8 Å². The molecule has 10 heteroatoms. The number of carbonyl (C=O) groups excluding carboxylic acids is 1. The van der Waals surface area contributed by atoms with E-state index in [1.165, 1.54) is 23.6 Å². The lowest BCUT2D eigenvalue weighted by Crippen LogP contribution is -2.29. The number of fused-ring (bicyclic) bond motifs is 1. The number of aromatic carboxylic acids is 1. The normalized spacial score (nSPS) is 16.1. The van der Waals surface area contributed by atoms with Gasteiger partial charge in [-0.1, -0.05) is 0 Å². The van der Waals surface area contributed by atoms with Crippen LogP contribution in [-0.4, -0.2) is 41.0 Å². The van der Waals surface area contributed by atoms with Crippen molar-refractivity contribution in [2.75, 3.05) is 23.3 Å². The molecule has 1 saturated heterocycles. The number of anilines is 2. The number of hydrogen-bond acceptors (Lipinski definition) is 5. The number of rotatable bonds is 4. The van der Waals surface area contributed by atoms with Crippen molar-refractivity contribution in [3.8, 4) is 0 Å². The van der Waals surface area contributed by atoms with E-state index < -0.39 is 23.6 Å². The largest absolute Gasteiger partial charge is 0.477 e. The number of hydrogen-bond donors (Lipinski definition) is 2. The van der Waals surface area contributed by atoms with Gasteiger partial charge in [-0.15, -0.1) is 11.3 Å². The number of benzene rings is 1. The number of pyridine rings is 1. The number of nitrogens with zero attached hydrogens (tertiary/aromatic N) is 2. The molecule has 0 spiro atoms. The number of alkyl halides is 2. The van der Waals surface area contributed by atoms with Gasteiger partial charge in [0.2, 0.25) is 5.92 Å². The number of halogens is 3. The summed E-state index contributed by atoms with van der Waals surface area (Å²) in [4.78, 5) is 30.7. The predicted molar refractivity (Wildman–Crippen MR) is 117 cm³/mol. The minimum absolute atomic E-state index is 0.00173. The van der Waals surface area contributed by atoms with Crippen LogP contribution in [0.2, 0.25) is 0 Å². The number of carbonyl (C=O) groups is 2. The van der Waals surface area contributed by atoms with Crippen molar-refractivity contribution in [2.24, 2.45) is 0 Å². The van der Waals surface area contributed by atoms with E-state index in [2.05, 4.69) is 10.3 Å². The van der Waals surface area contributed by atoms with Crippen LogP contribution in [0.1, 0.15) is 44.9 Å². The van der Waals surface area contributed by atoms with Crippen LogP contribution in [0.3, 0.4) is 0 Å². The summed E-state index contributed by atoms with van der Waals surface area (Å²) < 4.78 is 41.5. The van der Waals surface area contributed by atoms with E-state index in [0.29, 0.717) is 22.2 Å². The van der Waals surface area contributed by atoms with Crippen LogP contribution in [0.4, 0.5) is 24.7 Å². The molecule has 0 radical (unpaired) electrons. The van der Waals surface area contributed by atoms with Gasteiger partial charge in [-0.3, -0.25) is 4.79 Å². The molecular weight excluding hydrogens is 443 g/mol. The van der Waals surface area contributed by atoms with Gasteiger partial charge in [0, 0.05) is 42.8 Å². The molecule has 0 unspecified atom stereocenters. The van der Waals surface area contributed by atoms with Gasteiger partial charge in [-0.2, -0.15) is 0 Å². The van der Waals surface area contributed by atoms with E-state index in [1.807, 2.05) is 0 Å². The summed E-state index contributed by atoms with van der Waals surface area (Å²) in [6, 6.07) is 5.53. The molecule has 1 aliphatic heterocycles. The third-order valence-corrected chi connectivity index (χ3v) is 6.57. The Hall–Kier alpha value is -3.14. The molecule has 0 aliphatic carbocycles. The first-order chi connectivity index (χ1) is 15.1. The summed E-state index contributed by atoms with van der Waals surface area (Å²) in [5.74, 6) is -4.72. The topological polar surface area (TPSA) is 82.5 Å². The number of thiophene rings is 1. The van der Waals surface area contributed by atoms with Crippen LogP contribution in [0, 0.1) is 12.7 Å². The third kappa shape index (κ3) is 4.40. The van der Waals surface area contributed by atoms with Gasteiger partial charge in [0.25, 0.3) is 5.91 Å². The van der Waals surface area contributed by atoms with E-state index in [0.717, 1.165) is 11.3 Å². The summed E-state index contributed by atoms with van der Waals surface area (Å²) >= 11 is 0.995. The fraction of sp³-hybridized carbons (Fsp3) is 0.318. The summed E-state index contributed by atoms with van der Waals surface area (Å²) in [7, 11) is 0. The Balaban J connectivity index is 1.75. The zero-order valence-electron chi connectivity index (χ0n) is 17.1. The second-order valence-electron chi connectivity index (χ2n) is 7.76. The average Bonchev–Trinajstić information content (AvgIpc) is 2.99. The Morgan fingerprint density at radius 3 is 2.72 bits per heavy atom. The first-order valence-electron chi connectivity index (χ1n) is 10.0. The highest BCUT2D eigenvalue weighted by Crippen LogP contribution is 2.33. The molecule has 3 aromatic rings. The Bertz CT molecular complexity index is 1210. The van der Waals surface area contributed by atoms with E-state index in [1.54, 1.807) is 17.9 Å². The number of amides is 1. The number of nitrogens with one attached hydrogen (secondary N) is 1. The molecule has 2 N–H and O–H groups in total. The molecule has 3 heterocycles. The lowest BCUT2D eigenvalue weighted by Gasteiger charge is -2.24. The maximum atomic E-state index is 13.9. The van der Waals surface area contributed by atoms with Crippen LogP contribution in [0.25, 0.3) is 10.9 Å².